The van der Waals surface area contributed by atoms with Crippen molar-refractivity contribution < 1.29 is 4.79 Å². The minimum Gasteiger partial charge on any atom is -0.376 e. The lowest BCUT2D eigenvalue weighted by molar-refractivity contribution is -0.116. The number of carbonyl (C=O) groups excluding carboxylic acids is 1. The minimum atomic E-state index is 0.0582. The van der Waals surface area contributed by atoms with Crippen molar-refractivity contribution in [3.63, 3.8) is 0 Å². The molecular weight excluding hydrogens is 380 g/mol. The van der Waals surface area contributed by atoms with Crippen LogP contribution in [0.1, 0.15) is 66.0 Å². The van der Waals surface area contributed by atoms with Crippen molar-refractivity contribution in [2.24, 2.45) is 5.92 Å². The Kier molecular flexibility index (Phi) is 5.44. The van der Waals surface area contributed by atoms with Crippen LogP contribution in [-0.2, 0) is 4.79 Å². The number of anilines is 2. The third kappa shape index (κ3) is 3.57. The zero-order valence-corrected chi connectivity index (χ0v) is 18.4. The van der Waals surface area contributed by atoms with E-state index in [0.717, 1.165) is 29.8 Å². The molecule has 0 aromatic heterocycles. The summed E-state index contributed by atoms with van der Waals surface area (Å²) in [7, 11) is 0. The van der Waals surface area contributed by atoms with Crippen LogP contribution in [0.5, 0.6) is 0 Å². The number of aryl methyl sites for hydroxylation is 3. The molecule has 2 aromatic carbocycles. The van der Waals surface area contributed by atoms with E-state index in [0.29, 0.717) is 17.4 Å². The number of hydrogen-bond donors (Lipinski definition) is 2. The third-order valence-electron chi connectivity index (χ3n) is 6.27. The Morgan fingerprint density at radius 3 is 2.59 bits per heavy atom. The second-order valence-electron chi connectivity index (χ2n) is 8.47. The molecule has 29 heavy (non-hydrogen) atoms. The van der Waals surface area contributed by atoms with E-state index in [2.05, 4.69) is 55.7 Å². The van der Waals surface area contributed by atoms with Crippen molar-refractivity contribution in [1.29, 1.82) is 0 Å². The van der Waals surface area contributed by atoms with Gasteiger partial charge < -0.3 is 10.6 Å². The quantitative estimate of drug-likeness (QED) is 0.544. The summed E-state index contributed by atoms with van der Waals surface area (Å²) in [5, 5.41) is 7.61. The second kappa shape index (κ2) is 7.87. The smallest absolute Gasteiger partial charge is 0.224 e. The summed E-state index contributed by atoms with van der Waals surface area (Å²) in [5.74, 6) is 0.706. The normalized spacial score (nSPS) is 22.0. The molecule has 0 saturated carbocycles. The zero-order valence-electron chi connectivity index (χ0n) is 17.6. The Labute approximate surface area is 178 Å². The summed E-state index contributed by atoms with van der Waals surface area (Å²) < 4.78 is 0. The maximum atomic E-state index is 12.3. The van der Waals surface area contributed by atoms with Gasteiger partial charge in [0.15, 0.2) is 0 Å². The lowest BCUT2D eigenvalue weighted by Crippen LogP contribution is -2.31. The van der Waals surface area contributed by atoms with Gasteiger partial charge in [-0.25, -0.2) is 0 Å². The van der Waals surface area contributed by atoms with Gasteiger partial charge in [0.1, 0.15) is 0 Å². The third-order valence-corrected chi connectivity index (χ3v) is 6.58. The molecule has 3 unspecified atom stereocenters. The van der Waals surface area contributed by atoms with Crippen molar-refractivity contribution in [1.82, 2.24) is 0 Å². The number of allylic oxidation sites excluding steroid dienone is 2. The number of hydrogen-bond acceptors (Lipinski definition) is 2. The molecule has 3 nitrogen and oxygen atoms in total. The molecular formula is C25H29ClN2O. The van der Waals surface area contributed by atoms with E-state index in [4.69, 9.17) is 11.6 Å². The molecule has 152 valence electrons. The van der Waals surface area contributed by atoms with Crippen LogP contribution in [0.4, 0.5) is 11.4 Å². The van der Waals surface area contributed by atoms with Crippen molar-refractivity contribution in [2.45, 2.75) is 58.9 Å². The van der Waals surface area contributed by atoms with Crippen LogP contribution in [0.15, 0.2) is 36.4 Å². The van der Waals surface area contributed by atoms with Crippen LogP contribution in [0.3, 0.4) is 0 Å². The monoisotopic (exact) mass is 408 g/mol. The lowest BCUT2D eigenvalue weighted by Gasteiger charge is -2.40. The summed E-state index contributed by atoms with van der Waals surface area (Å²) in [4.78, 5) is 12.3. The number of fused-ring (bicyclic) bond motifs is 3. The molecule has 0 radical (unpaired) electrons. The molecule has 4 rings (SSSR count). The zero-order chi connectivity index (χ0) is 20.7. The Bertz CT molecular complexity index is 972. The predicted molar refractivity (Wildman–Crippen MR) is 122 cm³/mol. The van der Waals surface area contributed by atoms with Gasteiger partial charge in [-0.3, -0.25) is 4.79 Å². The summed E-state index contributed by atoms with van der Waals surface area (Å²) in [6.07, 6.45) is 6.95. The first-order valence-corrected chi connectivity index (χ1v) is 10.9. The Morgan fingerprint density at radius 2 is 1.90 bits per heavy atom. The fourth-order valence-electron chi connectivity index (χ4n) is 5.19. The van der Waals surface area contributed by atoms with E-state index in [-0.39, 0.29) is 17.9 Å². The first-order valence-electron chi connectivity index (χ1n) is 10.5. The van der Waals surface area contributed by atoms with Gasteiger partial charge in [-0.15, -0.1) is 0 Å². The summed E-state index contributed by atoms with van der Waals surface area (Å²) >= 11 is 6.66. The molecule has 2 aromatic rings. The number of nitrogens with one attached hydrogen (secondary N) is 2. The highest BCUT2D eigenvalue weighted by Crippen LogP contribution is 2.54. The molecule has 1 aliphatic carbocycles. The lowest BCUT2D eigenvalue weighted by atomic mass is 9.74. The molecule has 0 bridgehead atoms. The van der Waals surface area contributed by atoms with Crippen molar-refractivity contribution >= 4 is 28.9 Å². The highest BCUT2D eigenvalue weighted by atomic mass is 35.5. The predicted octanol–water partition coefficient (Wildman–Crippen LogP) is 6.83. The van der Waals surface area contributed by atoms with E-state index in [9.17, 15) is 4.79 Å². The van der Waals surface area contributed by atoms with Crippen molar-refractivity contribution in [3.05, 3.63) is 69.3 Å². The largest absolute Gasteiger partial charge is 0.376 e. The molecule has 0 spiro atoms. The minimum absolute atomic E-state index is 0.0582. The number of carbonyl (C=O) groups is 1. The van der Waals surface area contributed by atoms with Gasteiger partial charge in [-0.1, -0.05) is 48.4 Å². The first-order chi connectivity index (χ1) is 13.9. The molecule has 0 fully saturated rings. The molecule has 1 amide bonds. The van der Waals surface area contributed by atoms with Gasteiger partial charge in [0.2, 0.25) is 5.91 Å². The fourth-order valence-corrected chi connectivity index (χ4v) is 5.41. The Balaban J connectivity index is 1.81. The molecule has 4 heteroatoms. The van der Waals surface area contributed by atoms with E-state index < -0.39 is 0 Å². The van der Waals surface area contributed by atoms with E-state index in [1.165, 1.54) is 22.3 Å². The van der Waals surface area contributed by atoms with Gasteiger partial charge >= 0.3 is 0 Å². The van der Waals surface area contributed by atoms with Crippen LogP contribution in [0.25, 0.3) is 0 Å². The van der Waals surface area contributed by atoms with E-state index in [1.54, 1.807) is 0 Å². The average Bonchev–Trinajstić information content (AvgIpc) is 3.13. The van der Waals surface area contributed by atoms with Gasteiger partial charge in [0.05, 0.1) is 16.8 Å². The second-order valence-corrected chi connectivity index (χ2v) is 8.88. The standard InChI is InChI=1S/C25H29ClN2O/c1-5-7-21(29)27-20-11-10-19(26)25-23(20)17-8-6-9-18(17)24(28-25)22-15(3)12-14(2)13-16(22)4/h6,8,10-13,17-18,24,28H,5,7,9H2,1-4H3,(H,27,29). The van der Waals surface area contributed by atoms with Crippen molar-refractivity contribution in [3.8, 4) is 0 Å². The van der Waals surface area contributed by atoms with E-state index in [1.807, 2.05) is 19.1 Å². The van der Waals surface area contributed by atoms with Crippen LogP contribution in [0, 0.1) is 26.7 Å². The Hall–Kier alpha value is -2.26. The summed E-state index contributed by atoms with van der Waals surface area (Å²) in [6.45, 7) is 8.57. The highest BCUT2D eigenvalue weighted by Gasteiger charge is 2.41. The molecule has 2 N–H and O–H groups in total. The SMILES string of the molecule is CCCC(=O)Nc1ccc(Cl)c2c1C1C=CCC1C(c1c(C)cc(C)cc1C)N2. The number of amides is 1. The maximum absolute atomic E-state index is 12.3. The van der Waals surface area contributed by atoms with Crippen LogP contribution < -0.4 is 10.6 Å². The molecule has 1 aliphatic heterocycles. The van der Waals surface area contributed by atoms with E-state index >= 15 is 0 Å². The first kappa shape index (κ1) is 20.0. The molecule has 1 heterocycles. The maximum Gasteiger partial charge on any atom is 0.224 e. The van der Waals surface area contributed by atoms with Gasteiger partial charge in [0.25, 0.3) is 0 Å². The average molecular weight is 409 g/mol. The molecule has 3 atom stereocenters. The summed E-state index contributed by atoms with van der Waals surface area (Å²) in [6, 6.07) is 8.56. The molecule has 2 aliphatic rings. The summed E-state index contributed by atoms with van der Waals surface area (Å²) in [5.41, 5.74) is 8.26. The van der Waals surface area contributed by atoms with Gasteiger partial charge in [0, 0.05) is 23.6 Å². The van der Waals surface area contributed by atoms with Crippen molar-refractivity contribution in [2.75, 3.05) is 10.6 Å². The highest BCUT2D eigenvalue weighted by molar-refractivity contribution is 6.33. The van der Waals surface area contributed by atoms with Gasteiger partial charge in [-0.05, 0) is 68.4 Å². The number of benzene rings is 2. The van der Waals surface area contributed by atoms with Crippen LogP contribution in [-0.4, -0.2) is 5.91 Å². The fraction of sp³-hybridized carbons (Fsp3) is 0.400. The van der Waals surface area contributed by atoms with Crippen LogP contribution in [0.2, 0.25) is 5.02 Å². The number of rotatable bonds is 4. The van der Waals surface area contributed by atoms with Gasteiger partial charge in [-0.2, -0.15) is 0 Å². The number of halogens is 1. The topological polar surface area (TPSA) is 41.1 Å². The molecule has 0 saturated heterocycles. The van der Waals surface area contributed by atoms with Crippen LogP contribution >= 0.6 is 11.6 Å². The Morgan fingerprint density at radius 1 is 1.17 bits per heavy atom.